The number of rotatable bonds is 7. The van der Waals surface area contributed by atoms with Gasteiger partial charge in [-0.25, -0.2) is 8.78 Å². The molecular weight excluding hydrogens is 596 g/mol. The summed E-state index contributed by atoms with van der Waals surface area (Å²) in [6, 6.07) is 14.7. The molecule has 1 saturated heterocycles. The Labute approximate surface area is 266 Å². The van der Waals surface area contributed by atoms with E-state index < -0.39 is 76.8 Å². The molecule has 244 valence electrons. The predicted octanol–water partition coefficient (Wildman–Crippen LogP) is 5.55. The first-order valence-corrected chi connectivity index (χ1v) is 16.0. The maximum Gasteiger partial charge on any atom is 0.193 e. The minimum Gasteiger partial charge on any atom is -0.457 e. The van der Waals surface area contributed by atoms with Crippen molar-refractivity contribution in [3.63, 3.8) is 0 Å². The second-order valence-corrected chi connectivity index (χ2v) is 13.7. The Morgan fingerprint density at radius 2 is 1.87 bits per heavy atom. The van der Waals surface area contributed by atoms with E-state index in [0.717, 1.165) is 18.3 Å². The molecule has 2 aromatic rings. The largest absolute Gasteiger partial charge is 0.457 e. The van der Waals surface area contributed by atoms with Gasteiger partial charge in [-0.1, -0.05) is 31.2 Å². The van der Waals surface area contributed by atoms with Crippen LogP contribution in [0.15, 0.2) is 72.3 Å². The Bertz CT molecular complexity index is 1630. The molecule has 0 amide bonds. The molecule has 10 heteroatoms. The zero-order valence-electron chi connectivity index (χ0n) is 26.0. The van der Waals surface area contributed by atoms with Crippen LogP contribution in [0, 0.1) is 22.7 Å². The third kappa shape index (κ3) is 4.16. The van der Waals surface area contributed by atoms with Crippen molar-refractivity contribution in [1.29, 1.82) is 0 Å². The molecule has 1 aliphatic heterocycles. The molecule has 7 rings (SSSR count). The molecule has 5 aliphatic rings. The van der Waals surface area contributed by atoms with Crippen molar-refractivity contribution < 1.29 is 42.8 Å². The van der Waals surface area contributed by atoms with E-state index in [0.29, 0.717) is 17.1 Å². The molecule has 1 heterocycles. The number of ketones is 2. The smallest absolute Gasteiger partial charge is 0.193 e. The van der Waals surface area contributed by atoms with Gasteiger partial charge < -0.3 is 29.7 Å². The standard InChI is InChI=1S/C36H39F2NO7/c1-4-39-21-6-5-7-24(14-21)44-23-10-8-20(9-11-23)32-45-31-17-25-26-16-28(37)27-15-22(41)12-13-33(27,2)35(26,38)29(42)18-34(25,3)36(31,46-32)30(43)19-40/h5-15,25-26,28-29,31-32,39-40,42H,4,16-19H2,1-3H3/t25-,26-,28-,29-,31+,32+,33-,34-,35-,36+/m0/s1. The molecule has 8 nitrogen and oxygen atoms in total. The predicted molar refractivity (Wildman–Crippen MR) is 165 cm³/mol. The first-order valence-electron chi connectivity index (χ1n) is 16.0. The summed E-state index contributed by atoms with van der Waals surface area (Å²) in [4.78, 5) is 25.9. The molecule has 4 aliphatic carbocycles. The third-order valence-corrected chi connectivity index (χ3v) is 11.5. The number of alkyl halides is 2. The van der Waals surface area contributed by atoms with Crippen LogP contribution in [0.3, 0.4) is 0 Å². The van der Waals surface area contributed by atoms with Crippen LogP contribution in [0.1, 0.15) is 51.9 Å². The lowest BCUT2D eigenvalue weighted by Crippen LogP contribution is -2.70. The minimum atomic E-state index is -2.30. The molecule has 46 heavy (non-hydrogen) atoms. The van der Waals surface area contributed by atoms with E-state index in [1.165, 1.54) is 19.1 Å². The molecule has 4 fully saturated rings. The summed E-state index contributed by atoms with van der Waals surface area (Å²) in [5, 5.41) is 25.1. The molecule has 3 N–H and O–H groups in total. The van der Waals surface area contributed by atoms with Crippen molar-refractivity contribution in [3.8, 4) is 11.5 Å². The van der Waals surface area contributed by atoms with E-state index in [1.54, 1.807) is 31.2 Å². The number of aliphatic hydroxyl groups is 2. The Hall–Kier alpha value is -3.44. The number of carbonyl (C=O) groups is 2. The normalized spacial score (nSPS) is 40.8. The Morgan fingerprint density at radius 3 is 2.59 bits per heavy atom. The van der Waals surface area contributed by atoms with Gasteiger partial charge in [-0.2, -0.15) is 0 Å². The maximum atomic E-state index is 17.6. The highest BCUT2D eigenvalue weighted by atomic mass is 19.1. The fraction of sp³-hybridized carbons (Fsp3) is 0.500. The van der Waals surface area contributed by atoms with Crippen molar-refractivity contribution in [2.45, 2.75) is 76.0 Å². The number of nitrogens with one attached hydrogen (secondary N) is 1. The zero-order chi connectivity index (χ0) is 32.6. The van der Waals surface area contributed by atoms with Gasteiger partial charge in [-0.05, 0) is 81.0 Å². The average molecular weight is 636 g/mol. The molecule has 0 radical (unpaired) electrons. The summed E-state index contributed by atoms with van der Waals surface area (Å²) in [6.07, 6.45) is -1.54. The summed E-state index contributed by atoms with van der Waals surface area (Å²) in [7, 11) is 0. The number of hydrogen-bond donors (Lipinski definition) is 3. The Morgan fingerprint density at radius 1 is 1.11 bits per heavy atom. The maximum absolute atomic E-state index is 17.6. The summed E-state index contributed by atoms with van der Waals surface area (Å²) < 4.78 is 52.4. The number of benzene rings is 2. The number of Topliss-reactive ketones (excluding diaryl/α,β-unsaturated/α-hetero) is 1. The van der Waals surface area contributed by atoms with Crippen LogP contribution in [0.4, 0.5) is 14.5 Å². The monoisotopic (exact) mass is 635 g/mol. The molecular formula is C36H39F2NO7. The van der Waals surface area contributed by atoms with Gasteiger partial charge in [-0.3, -0.25) is 9.59 Å². The summed E-state index contributed by atoms with van der Waals surface area (Å²) >= 11 is 0. The first-order chi connectivity index (χ1) is 21.9. The lowest BCUT2D eigenvalue weighted by molar-refractivity contribution is -0.235. The van der Waals surface area contributed by atoms with E-state index in [9.17, 15) is 19.8 Å². The number of carbonyl (C=O) groups excluding carboxylic acids is 2. The fourth-order valence-electron chi connectivity index (χ4n) is 9.42. The van der Waals surface area contributed by atoms with Crippen LogP contribution in [0.5, 0.6) is 11.5 Å². The van der Waals surface area contributed by atoms with E-state index in [4.69, 9.17) is 14.2 Å². The highest BCUT2D eigenvalue weighted by molar-refractivity contribution is 6.01. The quantitative estimate of drug-likeness (QED) is 0.363. The van der Waals surface area contributed by atoms with Gasteiger partial charge in [-0.15, -0.1) is 0 Å². The van der Waals surface area contributed by atoms with Crippen LogP contribution in [-0.4, -0.2) is 64.6 Å². The van der Waals surface area contributed by atoms with E-state index in [-0.39, 0.29) is 24.8 Å². The van der Waals surface area contributed by atoms with Crippen molar-refractivity contribution in [3.05, 3.63) is 77.9 Å². The van der Waals surface area contributed by atoms with Crippen LogP contribution >= 0.6 is 0 Å². The van der Waals surface area contributed by atoms with Crippen LogP contribution in [-0.2, 0) is 19.1 Å². The van der Waals surface area contributed by atoms with Crippen molar-refractivity contribution >= 4 is 17.3 Å². The molecule has 0 bridgehead atoms. The fourth-order valence-corrected chi connectivity index (χ4v) is 9.42. The topological polar surface area (TPSA) is 114 Å². The third-order valence-electron chi connectivity index (χ3n) is 11.5. The Kier molecular flexibility index (Phi) is 7.32. The molecule has 3 saturated carbocycles. The van der Waals surface area contributed by atoms with Gasteiger partial charge in [0, 0.05) is 40.6 Å². The summed E-state index contributed by atoms with van der Waals surface area (Å²) in [6.45, 7) is 5.25. The lowest BCUT2D eigenvalue weighted by atomic mass is 9.44. The molecule has 0 aromatic heterocycles. The molecule has 10 atom stereocenters. The summed E-state index contributed by atoms with van der Waals surface area (Å²) in [5.74, 6) is -1.41. The summed E-state index contributed by atoms with van der Waals surface area (Å²) in [5.41, 5.74) is -5.13. The number of allylic oxidation sites excluding steroid dienone is 4. The lowest BCUT2D eigenvalue weighted by Gasteiger charge is -2.63. The second kappa shape index (κ2) is 10.8. The molecule has 2 aromatic carbocycles. The number of aliphatic hydroxyl groups excluding tert-OH is 2. The van der Waals surface area contributed by atoms with Gasteiger partial charge in [0.15, 0.2) is 29.1 Å². The highest BCUT2D eigenvalue weighted by Crippen LogP contribution is 2.72. The zero-order valence-corrected chi connectivity index (χ0v) is 26.0. The minimum absolute atomic E-state index is 0.0334. The second-order valence-electron chi connectivity index (χ2n) is 13.7. The molecule has 0 unspecified atom stereocenters. The van der Waals surface area contributed by atoms with Crippen molar-refractivity contribution in [2.75, 3.05) is 18.5 Å². The molecule has 0 spiro atoms. The van der Waals surface area contributed by atoms with Gasteiger partial charge >= 0.3 is 0 Å². The number of ether oxygens (including phenoxy) is 3. The number of hydrogen-bond acceptors (Lipinski definition) is 8. The van der Waals surface area contributed by atoms with Gasteiger partial charge in [0.2, 0.25) is 0 Å². The Balaban J connectivity index is 1.18. The van der Waals surface area contributed by atoms with Gasteiger partial charge in [0.25, 0.3) is 0 Å². The van der Waals surface area contributed by atoms with Crippen molar-refractivity contribution in [1.82, 2.24) is 0 Å². The van der Waals surface area contributed by atoms with Crippen LogP contribution in [0.25, 0.3) is 0 Å². The van der Waals surface area contributed by atoms with Crippen LogP contribution < -0.4 is 10.1 Å². The average Bonchev–Trinajstić information content (AvgIpc) is 3.53. The first kappa shape index (κ1) is 31.2. The van der Waals surface area contributed by atoms with Crippen LogP contribution in [0.2, 0.25) is 0 Å². The SMILES string of the molecule is CCNc1cccc(Oc2ccc([C@@H]3O[C@@H]4C[C@H]5[C@@H]6C[C@H](F)C7=CC(=O)C=C[C@]7(C)[C@@]6(F)[C@@H](O)C[C@]5(C)[C@]4(C(=O)CO)O3)cc2)c1. The number of fused-ring (bicyclic) bond motifs is 7. The van der Waals surface area contributed by atoms with Gasteiger partial charge in [0.05, 0.1) is 12.2 Å². The number of anilines is 1. The van der Waals surface area contributed by atoms with E-state index in [2.05, 4.69) is 5.32 Å². The van der Waals surface area contributed by atoms with Gasteiger partial charge in [0.1, 0.15) is 24.3 Å². The number of halogens is 2. The highest BCUT2D eigenvalue weighted by Gasteiger charge is 2.80. The van der Waals surface area contributed by atoms with Crippen molar-refractivity contribution in [2.24, 2.45) is 22.7 Å². The van der Waals surface area contributed by atoms with E-state index in [1.807, 2.05) is 31.2 Å². The van der Waals surface area contributed by atoms with E-state index >= 15 is 8.78 Å².